The van der Waals surface area contributed by atoms with Crippen molar-refractivity contribution in [1.29, 1.82) is 0 Å². The Morgan fingerprint density at radius 1 is 1.62 bits per heavy atom. The second-order valence-corrected chi connectivity index (χ2v) is 4.15. The molecule has 0 aliphatic carbocycles. The van der Waals surface area contributed by atoms with Crippen LogP contribution in [-0.2, 0) is 0 Å². The fourth-order valence-corrected chi connectivity index (χ4v) is 1.28. The minimum Gasteiger partial charge on any atom is -0.286 e. The molecule has 1 aliphatic heterocycles. The molecular weight excluding hydrogens is 205 g/mol. The van der Waals surface area contributed by atoms with Crippen LogP contribution in [0.4, 0.5) is 13.2 Å². The minimum absolute atomic E-state index is 0.111. The van der Waals surface area contributed by atoms with E-state index in [1.54, 1.807) is 13.8 Å². The molecule has 1 aliphatic rings. The van der Waals surface area contributed by atoms with Crippen molar-refractivity contribution in [2.45, 2.75) is 24.9 Å². The lowest BCUT2D eigenvalue weighted by Gasteiger charge is -2.19. The van der Waals surface area contributed by atoms with E-state index in [-0.39, 0.29) is 6.54 Å². The molecule has 76 valence electrons. The molecule has 1 heterocycles. The lowest BCUT2D eigenvalue weighted by Crippen LogP contribution is -2.35. The summed E-state index contributed by atoms with van der Waals surface area (Å²) >= 11 is 5.90. The molecule has 0 N–H and O–H groups in total. The molecule has 1 unspecified atom stereocenters. The summed E-state index contributed by atoms with van der Waals surface area (Å²) in [6.45, 7) is 2.36. The van der Waals surface area contributed by atoms with Crippen molar-refractivity contribution in [1.82, 2.24) is 5.01 Å². The van der Waals surface area contributed by atoms with Crippen molar-refractivity contribution < 1.29 is 13.2 Å². The summed E-state index contributed by atoms with van der Waals surface area (Å²) < 4.78 is 35.8. The molecule has 13 heavy (non-hydrogen) atoms. The Morgan fingerprint density at radius 3 is 2.46 bits per heavy atom. The first-order chi connectivity index (χ1) is 5.71. The second kappa shape index (κ2) is 3.04. The van der Waals surface area contributed by atoms with Gasteiger partial charge in [0, 0.05) is 0 Å². The zero-order chi connectivity index (χ0) is 10.3. The number of hydrazone groups is 1. The Hall–Kier alpha value is -0.450. The fourth-order valence-electron chi connectivity index (χ4n) is 1.11. The van der Waals surface area contributed by atoms with Gasteiger partial charge in [-0.1, -0.05) is 0 Å². The molecule has 0 aromatic carbocycles. The largest absolute Gasteiger partial charge is 0.407 e. The zero-order valence-corrected chi connectivity index (χ0v) is 8.08. The smallest absolute Gasteiger partial charge is 0.286 e. The summed E-state index contributed by atoms with van der Waals surface area (Å²) in [4.78, 5) is -0.759. The molecule has 0 fully saturated rings. The Kier molecular flexibility index (Phi) is 2.49. The van der Waals surface area contributed by atoms with Crippen LogP contribution in [0.3, 0.4) is 0 Å². The average molecular weight is 215 g/mol. The summed E-state index contributed by atoms with van der Waals surface area (Å²) in [5.41, 5.74) is 0.526. The molecule has 0 aromatic rings. The molecule has 0 saturated heterocycles. The van der Waals surface area contributed by atoms with Crippen molar-refractivity contribution in [2.75, 3.05) is 13.1 Å². The average Bonchev–Trinajstić information content (AvgIpc) is 2.01. The van der Waals surface area contributed by atoms with Gasteiger partial charge in [-0.3, -0.25) is 5.01 Å². The van der Waals surface area contributed by atoms with Crippen LogP contribution in [0.1, 0.15) is 13.8 Å². The highest BCUT2D eigenvalue weighted by atomic mass is 35.5. The lowest BCUT2D eigenvalue weighted by molar-refractivity contribution is -0.145. The maximum Gasteiger partial charge on any atom is 0.407 e. The molecule has 0 radical (unpaired) electrons. The Labute approximate surface area is 79.3 Å². The van der Waals surface area contributed by atoms with Gasteiger partial charge in [-0.05, 0) is 13.8 Å². The second-order valence-electron chi connectivity index (χ2n) is 3.32. The molecule has 0 aromatic heterocycles. The minimum atomic E-state index is -4.22. The first kappa shape index (κ1) is 10.6. The molecule has 2 nitrogen and oxygen atoms in total. The van der Waals surface area contributed by atoms with Crippen molar-refractivity contribution in [2.24, 2.45) is 5.10 Å². The van der Waals surface area contributed by atoms with E-state index in [1.165, 1.54) is 0 Å². The van der Waals surface area contributed by atoms with E-state index in [0.717, 1.165) is 5.01 Å². The van der Waals surface area contributed by atoms with E-state index < -0.39 is 17.6 Å². The van der Waals surface area contributed by atoms with Crippen molar-refractivity contribution in [3.05, 3.63) is 0 Å². The summed E-state index contributed by atoms with van der Waals surface area (Å²) in [6.07, 6.45) is -4.22. The maximum atomic E-state index is 11.9. The van der Waals surface area contributed by atoms with Gasteiger partial charge in [0.1, 0.15) is 11.4 Å². The van der Waals surface area contributed by atoms with E-state index in [4.69, 9.17) is 11.6 Å². The highest BCUT2D eigenvalue weighted by molar-refractivity contribution is 6.36. The van der Waals surface area contributed by atoms with Crippen molar-refractivity contribution in [3.63, 3.8) is 0 Å². The molecule has 0 saturated carbocycles. The Bertz CT molecular complexity index is 234. The first-order valence-electron chi connectivity index (χ1n) is 3.77. The van der Waals surface area contributed by atoms with Gasteiger partial charge in [-0.25, -0.2) is 0 Å². The van der Waals surface area contributed by atoms with E-state index in [2.05, 4.69) is 5.10 Å². The van der Waals surface area contributed by atoms with E-state index in [9.17, 15) is 13.2 Å². The predicted octanol–water partition coefficient (Wildman–Crippen LogP) is 2.24. The quantitative estimate of drug-likeness (QED) is 0.612. The molecule has 1 atom stereocenters. The molecule has 6 heteroatoms. The SMILES string of the molecule is CC1=NN(CC(F)(F)F)CC1(C)Cl. The van der Waals surface area contributed by atoms with Gasteiger partial charge in [0.2, 0.25) is 0 Å². The molecular formula is C7H10ClF3N2. The van der Waals surface area contributed by atoms with E-state index >= 15 is 0 Å². The van der Waals surface area contributed by atoms with Gasteiger partial charge in [0.25, 0.3) is 0 Å². The van der Waals surface area contributed by atoms with E-state index in [1.807, 2.05) is 0 Å². The van der Waals surface area contributed by atoms with Crippen molar-refractivity contribution >= 4 is 17.3 Å². The van der Waals surface area contributed by atoms with Crippen LogP contribution in [0.25, 0.3) is 0 Å². The van der Waals surface area contributed by atoms with Crippen molar-refractivity contribution in [3.8, 4) is 0 Å². The van der Waals surface area contributed by atoms with Crippen LogP contribution >= 0.6 is 11.6 Å². The van der Waals surface area contributed by atoms with Gasteiger partial charge in [-0.15, -0.1) is 11.6 Å². The number of rotatable bonds is 1. The maximum absolute atomic E-state index is 11.9. The highest BCUT2D eigenvalue weighted by Crippen LogP contribution is 2.27. The first-order valence-corrected chi connectivity index (χ1v) is 4.15. The van der Waals surface area contributed by atoms with Crippen LogP contribution < -0.4 is 0 Å². The number of nitrogens with zero attached hydrogens (tertiary/aromatic N) is 2. The summed E-state index contributed by atoms with van der Waals surface area (Å²) in [6, 6.07) is 0. The fraction of sp³-hybridized carbons (Fsp3) is 0.857. The van der Waals surface area contributed by atoms with Gasteiger partial charge < -0.3 is 0 Å². The molecule has 1 rings (SSSR count). The Balaban J connectivity index is 2.61. The standard InChI is InChI=1S/C7H10ClF3N2/c1-5-6(2,8)3-13(12-5)4-7(9,10)11/h3-4H2,1-2H3. The Morgan fingerprint density at radius 2 is 2.15 bits per heavy atom. The third-order valence-corrected chi connectivity index (χ3v) is 2.28. The molecule has 0 amide bonds. The van der Waals surface area contributed by atoms with Crippen LogP contribution in [0.15, 0.2) is 5.10 Å². The number of alkyl halides is 4. The van der Waals surface area contributed by atoms with Crippen LogP contribution in [-0.4, -0.2) is 34.9 Å². The number of halogens is 4. The predicted molar refractivity (Wildman–Crippen MR) is 45.0 cm³/mol. The van der Waals surface area contributed by atoms with Gasteiger partial charge in [0.15, 0.2) is 0 Å². The molecule has 0 spiro atoms. The normalized spacial score (nSPS) is 29.4. The van der Waals surface area contributed by atoms with Crippen LogP contribution in [0, 0.1) is 0 Å². The molecule has 0 bridgehead atoms. The van der Waals surface area contributed by atoms with E-state index in [0.29, 0.717) is 5.71 Å². The summed E-state index contributed by atoms with van der Waals surface area (Å²) in [7, 11) is 0. The monoisotopic (exact) mass is 214 g/mol. The summed E-state index contributed by atoms with van der Waals surface area (Å²) in [5.74, 6) is 0. The van der Waals surface area contributed by atoms with Crippen LogP contribution in [0.5, 0.6) is 0 Å². The summed E-state index contributed by atoms with van der Waals surface area (Å²) in [5, 5.41) is 4.67. The topological polar surface area (TPSA) is 15.6 Å². The third kappa shape index (κ3) is 2.76. The zero-order valence-electron chi connectivity index (χ0n) is 7.32. The highest BCUT2D eigenvalue weighted by Gasteiger charge is 2.39. The number of hydrogen-bond acceptors (Lipinski definition) is 2. The number of hydrogen-bond donors (Lipinski definition) is 0. The third-order valence-electron chi connectivity index (χ3n) is 1.89. The van der Waals surface area contributed by atoms with Gasteiger partial charge >= 0.3 is 6.18 Å². The van der Waals surface area contributed by atoms with Gasteiger partial charge in [-0.2, -0.15) is 18.3 Å². The van der Waals surface area contributed by atoms with Gasteiger partial charge in [0.05, 0.1) is 12.3 Å². The van der Waals surface area contributed by atoms with Crippen LogP contribution in [0.2, 0.25) is 0 Å². The lowest BCUT2D eigenvalue weighted by atomic mass is 10.1.